The van der Waals surface area contributed by atoms with Gasteiger partial charge in [-0.05, 0) is 18.6 Å². The molecule has 0 aliphatic heterocycles. The third kappa shape index (κ3) is 5.39. The van der Waals surface area contributed by atoms with Crippen molar-refractivity contribution in [3.63, 3.8) is 0 Å². The molecule has 0 aliphatic rings. The van der Waals surface area contributed by atoms with Crippen molar-refractivity contribution in [2.75, 3.05) is 20.2 Å². The average molecular weight is 299 g/mol. The van der Waals surface area contributed by atoms with Crippen molar-refractivity contribution < 1.29 is 9.53 Å². The van der Waals surface area contributed by atoms with Gasteiger partial charge in [0.05, 0.1) is 17.6 Å². The summed E-state index contributed by atoms with van der Waals surface area (Å²) >= 11 is 5.98. The quantitative estimate of drug-likeness (QED) is 0.803. The number of nitrogens with two attached hydrogens (primary N) is 1. The van der Waals surface area contributed by atoms with E-state index in [2.05, 4.69) is 6.92 Å². The Morgan fingerprint density at radius 1 is 1.45 bits per heavy atom. The molecule has 0 aromatic heterocycles. The largest absolute Gasteiger partial charge is 0.490 e. The summed E-state index contributed by atoms with van der Waals surface area (Å²) in [7, 11) is 1.74. The third-order valence-electron chi connectivity index (χ3n) is 3.08. The second kappa shape index (κ2) is 8.82. The highest BCUT2D eigenvalue weighted by Gasteiger charge is 2.17. The first-order valence-corrected chi connectivity index (χ1v) is 7.32. The van der Waals surface area contributed by atoms with Crippen LogP contribution >= 0.6 is 11.6 Å². The number of hydrogen-bond acceptors (Lipinski definition) is 3. The number of halogens is 1. The van der Waals surface area contributed by atoms with E-state index in [0.717, 1.165) is 19.3 Å². The average Bonchev–Trinajstić information content (AvgIpc) is 2.45. The molecule has 0 aliphatic carbocycles. The second-order valence-corrected chi connectivity index (χ2v) is 5.19. The number of carbonyl (C=O) groups excluding carboxylic acids is 1. The van der Waals surface area contributed by atoms with E-state index in [1.165, 1.54) is 0 Å². The standard InChI is InChI=1S/C15H23ClN2O2/c1-3-4-8-13(17)15(19)18(2)10-11-20-14-9-6-5-7-12(14)16/h5-7,9,13H,3-4,8,10-11,17H2,1-2H3. The molecule has 20 heavy (non-hydrogen) atoms. The summed E-state index contributed by atoms with van der Waals surface area (Å²) in [4.78, 5) is 13.6. The Morgan fingerprint density at radius 2 is 2.15 bits per heavy atom. The van der Waals surface area contributed by atoms with Crippen molar-refractivity contribution in [3.8, 4) is 5.75 Å². The van der Waals surface area contributed by atoms with Gasteiger partial charge in [-0.2, -0.15) is 0 Å². The molecule has 0 spiro atoms. The van der Waals surface area contributed by atoms with Crippen molar-refractivity contribution >= 4 is 17.5 Å². The van der Waals surface area contributed by atoms with E-state index in [9.17, 15) is 4.79 Å². The molecule has 5 heteroatoms. The minimum atomic E-state index is -0.416. The van der Waals surface area contributed by atoms with Crippen LogP contribution in [0.15, 0.2) is 24.3 Å². The predicted octanol–water partition coefficient (Wildman–Crippen LogP) is 2.69. The minimum Gasteiger partial charge on any atom is -0.490 e. The number of nitrogens with zero attached hydrogens (tertiary/aromatic N) is 1. The molecule has 0 saturated heterocycles. The van der Waals surface area contributed by atoms with Crippen LogP contribution in [0.3, 0.4) is 0 Å². The number of amides is 1. The minimum absolute atomic E-state index is 0.0405. The number of rotatable bonds is 8. The SMILES string of the molecule is CCCCC(N)C(=O)N(C)CCOc1ccccc1Cl. The molecule has 1 atom stereocenters. The third-order valence-corrected chi connectivity index (χ3v) is 3.40. The fourth-order valence-corrected chi connectivity index (χ4v) is 1.99. The Morgan fingerprint density at radius 3 is 2.80 bits per heavy atom. The highest BCUT2D eigenvalue weighted by Crippen LogP contribution is 2.22. The molecule has 0 fully saturated rings. The van der Waals surface area contributed by atoms with Gasteiger partial charge in [0.15, 0.2) is 0 Å². The van der Waals surface area contributed by atoms with Crippen molar-refractivity contribution in [3.05, 3.63) is 29.3 Å². The van der Waals surface area contributed by atoms with Crippen molar-refractivity contribution in [1.82, 2.24) is 4.90 Å². The Kier molecular flexibility index (Phi) is 7.41. The van der Waals surface area contributed by atoms with Crippen LogP contribution in [0, 0.1) is 0 Å². The van der Waals surface area contributed by atoms with Gasteiger partial charge < -0.3 is 15.4 Å². The highest BCUT2D eigenvalue weighted by molar-refractivity contribution is 6.32. The first-order valence-electron chi connectivity index (χ1n) is 6.94. The molecule has 1 rings (SSSR count). The van der Waals surface area contributed by atoms with Crippen molar-refractivity contribution in [2.45, 2.75) is 32.2 Å². The molecular weight excluding hydrogens is 276 g/mol. The van der Waals surface area contributed by atoms with Crippen LogP contribution in [0.5, 0.6) is 5.75 Å². The number of unbranched alkanes of at least 4 members (excludes halogenated alkanes) is 1. The van der Waals surface area contributed by atoms with Crippen LogP contribution in [-0.4, -0.2) is 37.0 Å². The van der Waals surface area contributed by atoms with E-state index in [1.54, 1.807) is 24.1 Å². The Hall–Kier alpha value is -1.26. The van der Waals surface area contributed by atoms with E-state index in [4.69, 9.17) is 22.1 Å². The van der Waals surface area contributed by atoms with Gasteiger partial charge in [-0.25, -0.2) is 0 Å². The molecule has 0 saturated carbocycles. The van der Waals surface area contributed by atoms with Crippen LogP contribution < -0.4 is 10.5 Å². The first kappa shape index (κ1) is 16.8. The summed E-state index contributed by atoms with van der Waals surface area (Å²) in [5.74, 6) is 0.589. The van der Waals surface area contributed by atoms with E-state index in [-0.39, 0.29) is 5.91 Å². The Bertz CT molecular complexity index is 426. The summed E-state index contributed by atoms with van der Waals surface area (Å²) < 4.78 is 5.55. The lowest BCUT2D eigenvalue weighted by Gasteiger charge is -2.21. The fourth-order valence-electron chi connectivity index (χ4n) is 1.80. The van der Waals surface area contributed by atoms with Gasteiger partial charge in [-0.3, -0.25) is 4.79 Å². The van der Waals surface area contributed by atoms with Crippen LogP contribution in [0.4, 0.5) is 0 Å². The number of likely N-dealkylation sites (N-methyl/N-ethyl adjacent to an activating group) is 1. The van der Waals surface area contributed by atoms with Crippen LogP contribution in [-0.2, 0) is 4.79 Å². The van der Waals surface area contributed by atoms with Gasteiger partial charge in [0.25, 0.3) is 0 Å². The molecular formula is C15H23ClN2O2. The fraction of sp³-hybridized carbons (Fsp3) is 0.533. The van der Waals surface area contributed by atoms with Crippen LogP contribution in [0.25, 0.3) is 0 Å². The van der Waals surface area contributed by atoms with Crippen LogP contribution in [0.2, 0.25) is 5.02 Å². The number of carbonyl (C=O) groups is 1. The second-order valence-electron chi connectivity index (χ2n) is 4.79. The summed E-state index contributed by atoms with van der Waals surface area (Å²) in [5, 5.41) is 0.570. The van der Waals surface area contributed by atoms with Gasteiger partial charge in [-0.15, -0.1) is 0 Å². The number of benzene rings is 1. The lowest BCUT2D eigenvalue weighted by Crippen LogP contribution is -2.43. The molecule has 1 amide bonds. The van der Waals surface area contributed by atoms with Gasteiger partial charge >= 0.3 is 0 Å². The summed E-state index contributed by atoms with van der Waals surface area (Å²) in [5.41, 5.74) is 5.86. The lowest BCUT2D eigenvalue weighted by molar-refractivity contribution is -0.131. The van der Waals surface area contributed by atoms with E-state index in [0.29, 0.717) is 23.9 Å². The number of ether oxygens (including phenoxy) is 1. The van der Waals surface area contributed by atoms with Gasteiger partial charge in [-0.1, -0.05) is 43.5 Å². The van der Waals surface area contributed by atoms with E-state index >= 15 is 0 Å². The molecule has 0 heterocycles. The topological polar surface area (TPSA) is 55.6 Å². The number of hydrogen-bond donors (Lipinski definition) is 1. The molecule has 2 N–H and O–H groups in total. The summed E-state index contributed by atoms with van der Waals surface area (Å²) in [6, 6.07) is 6.86. The van der Waals surface area contributed by atoms with Gasteiger partial charge in [0.1, 0.15) is 12.4 Å². The molecule has 1 aromatic carbocycles. The Labute approximate surface area is 125 Å². The molecule has 1 aromatic rings. The summed E-state index contributed by atoms with van der Waals surface area (Å²) in [6.07, 6.45) is 2.74. The van der Waals surface area contributed by atoms with E-state index < -0.39 is 6.04 Å². The molecule has 0 radical (unpaired) electrons. The number of para-hydroxylation sites is 1. The van der Waals surface area contributed by atoms with Gasteiger partial charge in [0, 0.05) is 7.05 Å². The zero-order chi connectivity index (χ0) is 15.0. The summed E-state index contributed by atoms with van der Waals surface area (Å²) in [6.45, 7) is 2.97. The van der Waals surface area contributed by atoms with E-state index in [1.807, 2.05) is 12.1 Å². The van der Waals surface area contributed by atoms with Crippen molar-refractivity contribution in [1.29, 1.82) is 0 Å². The highest BCUT2D eigenvalue weighted by atomic mass is 35.5. The maximum absolute atomic E-state index is 12.0. The first-order chi connectivity index (χ1) is 9.56. The molecule has 112 valence electrons. The maximum Gasteiger partial charge on any atom is 0.239 e. The van der Waals surface area contributed by atoms with Crippen LogP contribution in [0.1, 0.15) is 26.2 Å². The zero-order valence-corrected chi connectivity index (χ0v) is 12.9. The zero-order valence-electron chi connectivity index (χ0n) is 12.1. The predicted molar refractivity (Wildman–Crippen MR) is 82.1 cm³/mol. The molecule has 4 nitrogen and oxygen atoms in total. The van der Waals surface area contributed by atoms with Gasteiger partial charge in [0.2, 0.25) is 5.91 Å². The molecule has 1 unspecified atom stereocenters. The normalized spacial score (nSPS) is 12.0. The monoisotopic (exact) mass is 298 g/mol. The maximum atomic E-state index is 12.0. The smallest absolute Gasteiger partial charge is 0.239 e. The van der Waals surface area contributed by atoms with Crippen molar-refractivity contribution in [2.24, 2.45) is 5.73 Å². The Balaban J connectivity index is 2.34. The molecule has 0 bridgehead atoms. The lowest BCUT2D eigenvalue weighted by atomic mass is 10.1.